The molecule has 21 heavy (non-hydrogen) atoms. The number of nitrogens with zero attached hydrogens (tertiary/aromatic N) is 1. The molecule has 4 nitrogen and oxygen atoms in total. The molecule has 0 saturated heterocycles. The fourth-order valence-electron chi connectivity index (χ4n) is 2.03. The van der Waals surface area contributed by atoms with Crippen molar-refractivity contribution in [2.45, 2.75) is 6.92 Å². The molecule has 0 heterocycles. The number of hydrogen-bond acceptors (Lipinski definition) is 3. The Bertz CT molecular complexity index is 683. The van der Waals surface area contributed by atoms with Crippen molar-refractivity contribution < 1.29 is 9.18 Å². The average molecular weight is 287 g/mol. The Morgan fingerprint density at radius 2 is 1.90 bits per heavy atom. The zero-order valence-corrected chi connectivity index (χ0v) is 12.3. The number of rotatable bonds is 3. The third kappa shape index (κ3) is 3.31. The van der Waals surface area contributed by atoms with Crippen molar-refractivity contribution in [3.05, 3.63) is 53.3 Å². The number of nitrogens with two attached hydrogens (primary N) is 1. The van der Waals surface area contributed by atoms with Gasteiger partial charge < -0.3 is 16.0 Å². The van der Waals surface area contributed by atoms with E-state index in [1.807, 2.05) is 19.0 Å². The zero-order valence-electron chi connectivity index (χ0n) is 12.3. The molecule has 5 heteroatoms. The van der Waals surface area contributed by atoms with Crippen LogP contribution in [-0.4, -0.2) is 20.0 Å². The van der Waals surface area contributed by atoms with Gasteiger partial charge in [-0.15, -0.1) is 0 Å². The van der Waals surface area contributed by atoms with Gasteiger partial charge >= 0.3 is 0 Å². The molecule has 0 aliphatic carbocycles. The second-order valence-corrected chi connectivity index (χ2v) is 5.09. The number of halogens is 1. The third-order valence-electron chi connectivity index (χ3n) is 3.19. The molecule has 0 bridgehead atoms. The Morgan fingerprint density at radius 1 is 1.19 bits per heavy atom. The number of carbonyl (C=O) groups excluding carboxylic acids is 1. The number of aryl methyl sites for hydroxylation is 1. The summed E-state index contributed by atoms with van der Waals surface area (Å²) in [6.07, 6.45) is 0. The van der Waals surface area contributed by atoms with Crippen molar-refractivity contribution >= 4 is 23.0 Å². The molecule has 2 aromatic carbocycles. The second kappa shape index (κ2) is 5.83. The van der Waals surface area contributed by atoms with Gasteiger partial charge in [-0.05, 0) is 48.9 Å². The molecule has 0 spiro atoms. The van der Waals surface area contributed by atoms with Gasteiger partial charge in [0.1, 0.15) is 5.82 Å². The summed E-state index contributed by atoms with van der Waals surface area (Å²) in [5, 5.41) is 2.73. The van der Waals surface area contributed by atoms with Crippen LogP contribution in [0.4, 0.5) is 21.5 Å². The highest BCUT2D eigenvalue weighted by atomic mass is 19.1. The number of benzene rings is 2. The summed E-state index contributed by atoms with van der Waals surface area (Å²) in [4.78, 5) is 14.0. The Balaban J connectivity index is 2.20. The van der Waals surface area contributed by atoms with Crippen LogP contribution in [-0.2, 0) is 0 Å². The number of carbonyl (C=O) groups is 1. The summed E-state index contributed by atoms with van der Waals surface area (Å²) in [5.74, 6) is -0.578. The summed E-state index contributed by atoms with van der Waals surface area (Å²) in [5.41, 5.74) is 8.80. The van der Waals surface area contributed by atoms with Gasteiger partial charge in [-0.3, -0.25) is 4.79 Å². The van der Waals surface area contributed by atoms with E-state index in [1.54, 1.807) is 31.2 Å². The lowest BCUT2D eigenvalue weighted by Crippen LogP contribution is -2.15. The highest BCUT2D eigenvalue weighted by Crippen LogP contribution is 2.23. The Labute approximate surface area is 123 Å². The minimum atomic E-state index is -0.299. The van der Waals surface area contributed by atoms with E-state index in [4.69, 9.17) is 5.73 Å². The fourth-order valence-corrected chi connectivity index (χ4v) is 2.03. The SMILES string of the molecule is Cc1cc(NC(=O)c2ccc(N(C)C)c(N)c2)ccc1F. The van der Waals surface area contributed by atoms with E-state index < -0.39 is 0 Å². The summed E-state index contributed by atoms with van der Waals surface area (Å²) in [6, 6.07) is 9.57. The van der Waals surface area contributed by atoms with E-state index in [9.17, 15) is 9.18 Å². The van der Waals surface area contributed by atoms with Crippen molar-refractivity contribution in [1.29, 1.82) is 0 Å². The standard InChI is InChI=1S/C16H18FN3O/c1-10-8-12(5-6-13(10)17)19-16(21)11-4-7-15(20(2)3)14(18)9-11/h4-9H,18H2,1-3H3,(H,19,21). The Kier molecular flexibility index (Phi) is 4.12. The quantitative estimate of drug-likeness (QED) is 0.853. The van der Waals surface area contributed by atoms with Gasteiger partial charge in [-0.2, -0.15) is 0 Å². The van der Waals surface area contributed by atoms with Crippen LogP contribution >= 0.6 is 0 Å². The van der Waals surface area contributed by atoms with Crippen LogP contribution in [0, 0.1) is 12.7 Å². The van der Waals surface area contributed by atoms with E-state index >= 15 is 0 Å². The highest BCUT2D eigenvalue weighted by Gasteiger charge is 2.10. The second-order valence-electron chi connectivity index (χ2n) is 5.09. The van der Waals surface area contributed by atoms with E-state index in [2.05, 4.69) is 5.32 Å². The largest absolute Gasteiger partial charge is 0.397 e. The van der Waals surface area contributed by atoms with Crippen LogP contribution in [0.5, 0.6) is 0 Å². The molecule has 0 aromatic heterocycles. The first-order valence-electron chi connectivity index (χ1n) is 6.53. The molecule has 0 aliphatic heterocycles. The lowest BCUT2D eigenvalue weighted by Gasteiger charge is -2.16. The lowest BCUT2D eigenvalue weighted by atomic mass is 10.1. The molecule has 0 saturated carbocycles. The predicted octanol–water partition coefficient (Wildman–Crippen LogP) is 3.03. The maximum Gasteiger partial charge on any atom is 0.255 e. The molecule has 1 amide bonds. The highest BCUT2D eigenvalue weighted by molar-refractivity contribution is 6.05. The van der Waals surface area contributed by atoms with Gasteiger partial charge in [0.25, 0.3) is 5.91 Å². The van der Waals surface area contributed by atoms with Crippen molar-refractivity contribution in [2.75, 3.05) is 30.0 Å². The number of amides is 1. The Hall–Kier alpha value is -2.56. The van der Waals surface area contributed by atoms with Crippen molar-refractivity contribution in [3.63, 3.8) is 0 Å². The molecule has 0 unspecified atom stereocenters. The van der Waals surface area contributed by atoms with Crippen LogP contribution in [0.2, 0.25) is 0 Å². The van der Waals surface area contributed by atoms with Crippen LogP contribution in [0.1, 0.15) is 15.9 Å². The van der Waals surface area contributed by atoms with Crippen molar-refractivity contribution in [3.8, 4) is 0 Å². The van der Waals surface area contributed by atoms with Gasteiger partial charge in [0.05, 0.1) is 11.4 Å². The first-order chi connectivity index (χ1) is 9.88. The smallest absolute Gasteiger partial charge is 0.255 e. The molecular formula is C16H18FN3O. The lowest BCUT2D eigenvalue weighted by molar-refractivity contribution is 0.102. The van der Waals surface area contributed by atoms with Gasteiger partial charge in [0, 0.05) is 25.3 Å². The van der Waals surface area contributed by atoms with E-state index in [0.29, 0.717) is 22.5 Å². The summed E-state index contributed by atoms with van der Waals surface area (Å²) < 4.78 is 13.2. The molecule has 0 atom stereocenters. The van der Waals surface area contributed by atoms with Gasteiger partial charge in [0.15, 0.2) is 0 Å². The molecule has 0 fully saturated rings. The predicted molar refractivity (Wildman–Crippen MR) is 84.3 cm³/mol. The van der Waals surface area contributed by atoms with E-state index in [-0.39, 0.29) is 11.7 Å². The topological polar surface area (TPSA) is 58.4 Å². The number of anilines is 3. The molecule has 3 N–H and O–H groups in total. The summed E-state index contributed by atoms with van der Waals surface area (Å²) >= 11 is 0. The number of nitrogens with one attached hydrogen (secondary N) is 1. The maximum atomic E-state index is 13.2. The molecular weight excluding hydrogens is 269 g/mol. The number of hydrogen-bond donors (Lipinski definition) is 2. The normalized spacial score (nSPS) is 10.3. The minimum absolute atomic E-state index is 0.280. The number of nitrogen functional groups attached to an aromatic ring is 1. The summed E-state index contributed by atoms with van der Waals surface area (Å²) in [6.45, 7) is 1.65. The summed E-state index contributed by atoms with van der Waals surface area (Å²) in [7, 11) is 3.76. The zero-order chi connectivity index (χ0) is 15.6. The minimum Gasteiger partial charge on any atom is -0.397 e. The average Bonchev–Trinajstić information content (AvgIpc) is 2.42. The monoisotopic (exact) mass is 287 g/mol. The van der Waals surface area contributed by atoms with Gasteiger partial charge in [0.2, 0.25) is 0 Å². The van der Waals surface area contributed by atoms with Crippen LogP contribution in [0.15, 0.2) is 36.4 Å². The van der Waals surface area contributed by atoms with E-state index in [0.717, 1.165) is 5.69 Å². The molecule has 2 aromatic rings. The van der Waals surface area contributed by atoms with Gasteiger partial charge in [-0.1, -0.05) is 0 Å². The molecule has 2 rings (SSSR count). The van der Waals surface area contributed by atoms with Crippen LogP contribution < -0.4 is 16.0 Å². The van der Waals surface area contributed by atoms with Crippen molar-refractivity contribution in [1.82, 2.24) is 0 Å². The Morgan fingerprint density at radius 3 is 2.48 bits per heavy atom. The molecule has 0 radical (unpaired) electrons. The van der Waals surface area contributed by atoms with Crippen LogP contribution in [0.25, 0.3) is 0 Å². The fraction of sp³-hybridized carbons (Fsp3) is 0.188. The van der Waals surface area contributed by atoms with E-state index in [1.165, 1.54) is 12.1 Å². The van der Waals surface area contributed by atoms with Crippen molar-refractivity contribution in [2.24, 2.45) is 0 Å². The first-order valence-corrected chi connectivity index (χ1v) is 6.53. The maximum absolute atomic E-state index is 13.2. The molecule has 0 aliphatic rings. The van der Waals surface area contributed by atoms with Crippen LogP contribution in [0.3, 0.4) is 0 Å². The third-order valence-corrected chi connectivity index (χ3v) is 3.19. The first kappa shape index (κ1) is 14.8. The molecule has 110 valence electrons. The van der Waals surface area contributed by atoms with Gasteiger partial charge in [-0.25, -0.2) is 4.39 Å².